The number of carbonyl (C=O) groups is 1. The van der Waals surface area contributed by atoms with Gasteiger partial charge in [0, 0.05) is 18.8 Å². The molecule has 1 aliphatic rings. The molecular weight excluding hydrogens is 332 g/mol. The average molecular weight is 359 g/mol. The van der Waals surface area contributed by atoms with E-state index in [4.69, 9.17) is 0 Å². The normalized spacial score (nSPS) is 13.9. The molecule has 0 atom stereocenters. The summed E-state index contributed by atoms with van der Waals surface area (Å²) in [4.78, 5) is 14.6. The zero-order valence-electron chi connectivity index (χ0n) is 15.2. The number of hydrogen-bond donors (Lipinski definition) is 0. The quantitative estimate of drug-likeness (QED) is 0.676. The average Bonchev–Trinajstić information content (AvgIpc) is 3.29. The van der Waals surface area contributed by atoms with Crippen LogP contribution in [0.5, 0.6) is 0 Å². The molecule has 3 rings (SSSR count). The summed E-state index contributed by atoms with van der Waals surface area (Å²) in [6.07, 6.45) is 5.25. The zero-order valence-corrected chi connectivity index (χ0v) is 16.1. The van der Waals surface area contributed by atoms with Crippen molar-refractivity contribution in [2.75, 3.05) is 18.8 Å². The van der Waals surface area contributed by atoms with Gasteiger partial charge >= 0.3 is 0 Å². The molecule has 1 fully saturated rings. The van der Waals surface area contributed by atoms with Crippen molar-refractivity contribution in [2.45, 2.75) is 45.2 Å². The maximum absolute atomic E-state index is 12.6. The number of amides is 1. The molecule has 0 aliphatic heterocycles. The van der Waals surface area contributed by atoms with Crippen LogP contribution in [0, 0.1) is 19.8 Å². The Balaban J connectivity index is 1.66. The summed E-state index contributed by atoms with van der Waals surface area (Å²) in [6, 6.07) is 6.29. The van der Waals surface area contributed by atoms with Crippen molar-refractivity contribution >= 4 is 17.7 Å². The first kappa shape index (κ1) is 18.0. The van der Waals surface area contributed by atoms with Gasteiger partial charge in [-0.15, -0.1) is 10.2 Å². The summed E-state index contributed by atoms with van der Waals surface area (Å²) in [6.45, 7) is 8.08. The van der Waals surface area contributed by atoms with E-state index in [9.17, 15) is 4.79 Å². The van der Waals surface area contributed by atoms with Gasteiger partial charge in [-0.2, -0.15) is 0 Å². The van der Waals surface area contributed by atoms with E-state index in [1.807, 2.05) is 9.47 Å². The molecule has 0 bridgehead atoms. The number of aryl methyl sites for hydroxylation is 2. The van der Waals surface area contributed by atoms with Crippen LogP contribution >= 0.6 is 11.8 Å². The topological polar surface area (TPSA) is 51.0 Å². The fourth-order valence-corrected chi connectivity index (χ4v) is 3.62. The summed E-state index contributed by atoms with van der Waals surface area (Å²) in [5.41, 5.74) is 3.53. The third kappa shape index (κ3) is 4.63. The second kappa shape index (κ2) is 8.04. The monoisotopic (exact) mass is 358 g/mol. The van der Waals surface area contributed by atoms with E-state index in [0.29, 0.717) is 5.75 Å². The zero-order chi connectivity index (χ0) is 17.8. The maximum atomic E-state index is 12.6. The molecule has 134 valence electrons. The Labute approximate surface area is 153 Å². The largest absolute Gasteiger partial charge is 0.342 e. The third-order valence-electron chi connectivity index (χ3n) is 4.63. The first-order valence-electron chi connectivity index (χ1n) is 8.96. The van der Waals surface area contributed by atoms with Gasteiger partial charge in [0.05, 0.1) is 5.75 Å². The Morgan fingerprint density at radius 1 is 1.32 bits per heavy atom. The van der Waals surface area contributed by atoms with Gasteiger partial charge in [0.1, 0.15) is 6.33 Å². The number of rotatable bonds is 8. The Kier molecular flexibility index (Phi) is 5.78. The van der Waals surface area contributed by atoms with Crippen molar-refractivity contribution in [1.29, 1.82) is 0 Å². The number of aromatic nitrogens is 3. The molecule has 6 heteroatoms. The second-order valence-electron chi connectivity index (χ2n) is 6.82. The van der Waals surface area contributed by atoms with Crippen molar-refractivity contribution in [3.63, 3.8) is 0 Å². The lowest BCUT2D eigenvalue weighted by molar-refractivity contribution is -0.128. The SMILES string of the molecule is CCCN(CC1CC1)C(=O)CSc1nncn1-c1ccc(C)c(C)c1. The number of hydrogen-bond acceptors (Lipinski definition) is 4. The minimum atomic E-state index is 0.202. The Morgan fingerprint density at radius 2 is 2.12 bits per heavy atom. The van der Waals surface area contributed by atoms with Crippen LogP contribution in [-0.2, 0) is 4.79 Å². The van der Waals surface area contributed by atoms with Crippen molar-refractivity contribution in [2.24, 2.45) is 5.92 Å². The molecule has 0 spiro atoms. The first-order chi connectivity index (χ1) is 12.1. The van der Waals surface area contributed by atoms with Gasteiger partial charge in [0.25, 0.3) is 0 Å². The number of thioether (sulfide) groups is 1. The van der Waals surface area contributed by atoms with Crippen LogP contribution < -0.4 is 0 Å². The summed E-state index contributed by atoms with van der Waals surface area (Å²) < 4.78 is 1.95. The summed E-state index contributed by atoms with van der Waals surface area (Å²) in [7, 11) is 0. The molecule has 0 radical (unpaired) electrons. The highest BCUT2D eigenvalue weighted by Gasteiger charge is 2.26. The number of benzene rings is 1. The van der Waals surface area contributed by atoms with Gasteiger partial charge in [-0.05, 0) is 62.3 Å². The standard InChI is InChI=1S/C19H26N4OS/c1-4-9-22(11-16-6-7-16)18(24)12-25-19-21-20-13-23(19)17-8-5-14(2)15(3)10-17/h5,8,10,13,16H,4,6-7,9,11-12H2,1-3H3. The highest BCUT2D eigenvalue weighted by molar-refractivity contribution is 7.99. The van der Waals surface area contributed by atoms with Gasteiger partial charge in [0.2, 0.25) is 5.91 Å². The smallest absolute Gasteiger partial charge is 0.233 e. The highest BCUT2D eigenvalue weighted by atomic mass is 32.2. The lowest BCUT2D eigenvalue weighted by Gasteiger charge is -2.21. The van der Waals surface area contributed by atoms with Gasteiger partial charge in [-0.25, -0.2) is 0 Å². The van der Waals surface area contributed by atoms with Gasteiger partial charge < -0.3 is 4.90 Å². The maximum Gasteiger partial charge on any atom is 0.233 e. The van der Waals surface area contributed by atoms with Crippen LogP contribution in [-0.4, -0.2) is 44.4 Å². The van der Waals surface area contributed by atoms with Crippen LogP contribution in [0.2, 0.25) is 0 Å². The predicted molar refractivity (Wildman–Crippen MR) is 101 cm³/mol. The van der Waals surface area contributed by atoms with Crippen LogP contribution in [0.15, 0.2) is 29.7 Å². The Bertz CT molecular complexity index is 739. The fourth-order valence-electron chi connectivity index (χ4n) is 2.79. The summed E-state index contributed by atoms with van der Waals surface area (Å²) in [5, 5.41) is 9.00. The fraction of sp³-hybridized carbons (Fsp3) is 0.526. The van der Waals surface area contributed by atoms with Gasteiger partial charge in [-0.1, -0.05) is 24.8 Å². The minimum absolute atomic E-state index is 0.202. The van der Waals surface area contributed by atoms with E-state index >= 15 is 0 Å². The Hall–Kier alpha value is -1.82. The molecule has 5 nitrogen and oxygen atoms in total. The summed E-state index contributed by atoms with van der Waals surface area (Å²) >= 11 is 1.47. The van der Waals surface area contributed by atoms with E-state index < -0.39 is 0 Å². The first-order valence-corrected chi connectivity index (χ1v) is 9.95. The number of nitrogens with zero attached hydrogens (tertiary/aromatic N) is 4. The number of carbonyl (C=O) groups excluding carboxylic acids is 1. The molecule has 1 saturated carbocycles. The molecule has 1 heterocycles. The van der Waals surface area contributed by atoms with Crippen LogP contribution in [0.3, 0.4) is 0 Å². The molecule has 0 unspecified atom stereocenters. The van der Waals surface area contributed by atoms with E-state index in [1.165, 1.54) is 35.7 Å². The lowest BCUT2D eigenvalue weighted by atomic mass is 10.1. The molecule has 1 aromatic carbocycles. The predicted octanol–water partition coefficient (Wildman–Crippen LogP) is 3.62. The Morgan fingerprint density at radius 3 is 2.80 bits per heavy atom. The molecule has 0 N–H and O–H groups in total. The molecule has 1 aliphatic carbocycles. The minimum Gasteiger partial charge on any atom is -0.342 e. The molecule has 1 aromatic heterocycles. The van der Waals surface area contributed by atoms with Crippen LogP contribution in [0.1, 0.15) is 37.3 Å². The second-order valence-corrected chi connectivity index (χ2v) is 7.77. The molecular formula is C19H26N4OS. The molecule has 2 aromatic rings. The summed E-state index contributed by atoms with van der Waals surface area (Å²) in [5.74, 6) is 1.34. The van der Waals surface area contributed by atoms with Crippen molar-refractivity contribution in [1.82, 2.24) is 19.7 Å². The molecule has 25 heavy (non-hydrogen) atoms. The van der Waals surface area contributed by atoms with Crippen LogP contribution in [0.4, 0.5) is 0 Å². The lowest BCUT2D eigenvalue weighted by Crippen LogP contribution is -2.35. The third-order valence-corrected chi connectivity index (χ3v) is 5.56. The highest BCUT2D eigenvalue weighted by Crippen LogP contribution is 2.30. The van der Waals surface area contributed by atoms with Gasteiger partial charge in [0.15, 0.2) is 5.16 Å². The van der Waals surface area contributed by atoms with Crippen molar-refractivity contribution in [3.05, 3.63) is 35.7 Å². The van der Waals surface area contributed by atoms with Gasteiger partial charge in [-0.3, -0.25) is 9.36 Å². The van der Waals surface area contributed by atoms with E-state index in [1.54, 1.807) is 6.33 Å². The van der Waals surface area contributed by atoms with E-state index in [2.05, 4.69) is 49.2 Å². The van der Waals surface area contributed by atoms with Crippen molar-refractivity contribution in [3.8, 4) is 5.69 Å². The van der Waals surface area contributed by atoms with Crippen LogP contribution in [0.25, 0.3) is 5.69 Å². The van der Waals surface area contributed by atoms with E-state index in [0.717, 1.165) is 36.3 Å². The molecule has 1 amide bonds. The van der Waals surface area contributed by atoms with Crippen molar-refractivity contribution < 1.29 is 4.79 Å². The van der Waals surface area contributed by atoms with E-state index in [-0.39, 0.29) is 5.91 Å². The molecule has 0 saturated heterocycles.